The van der Waals surface area contributed by atoms with Gasteiger partial charge in [0.05, 0.1) is 0 Å². The highest BCUT2D eigenvalue weighted by molar-refractivity contribution is 6.31. The molecule has 18 heavy (non-hydrogen) atoms. The molecular formula is C14H21ClN2O. The molecule has 1 aromatic carbocycles. The van der Waals surface area contributed by atoms with Crippen LogP contribution < -0.4 is 5.32 Å². The van der Waals surface area contributed by atoms with Crippen LogP contribution in [0.5, 0.6) is 0 Å². The topological polar surface area (TPSA) is 35.5 Å². The van der Waals surface area contributed by atoms with Crippen molar-refractivity contribution >= 4 is 11.6 Å². The second-order valence-corrected chi connectivity index (χ2v) is 5.23. The van der Waals surface area contributed by atoms with E-state index in [4.69, 9.17) is 11.6 Å². The standard InChI is InChI=1S/C14H21ClN2O/c1-11-10-12(2-3-13(11)15)14(4-9-18)17-7-5-16-6-8-17/h2-3,10,14,16,18H,4-9H2,1H3/t14-/m0/s1. The van der Waals surface area contributed by atoms with Gasteiger partial charge in [-0.05, 0) is 30.5 Å². The van der Waals surface area contributed by atoms with E-state index in [2.05, 4.69) is 22.3 Å². The van der Waals surface area contributed by atoms with Gasteiger partial charge in [-0.25, -0.2) is 0 Å². The van der Waals surface area contributed by atoms with Crippen LogP contribution in [0, 0.1) is 6.92 Å². The van der Waals surface area contributed by atoms with Gasteiger partial charge in [-0.3, -0.25) is 4.90 Å². The lowest BCUT2D eigenvalue weighted by molar-refractivity contribution is 0.141. The summed E-state index contributed by atoms with van der Waals surface area (Å²) in [5.74, 6) is 0. The number of nitrogens with one attached hydrogen (secondary N) is 1. The lowest BCUT2D eigenvalue weighted by atomic mass is 9.99. The van der Waals surface area contributed by atoms with Gasteiger partial charge in [-0.1, -0.05) is 23.7 Å². The zero-order valence-electron chi connectivity index (χ0n) is 10.8. The maximum Gasteiger partial charge on any atom is 0.0449 e. The first-order valence-electron chi connectivity index (χ1n) is 6.54. The van der Waals surface area contributed by atoms with Crippen LogP contribution >= 0.6 is 11.6 Å². The van der Waals surface area contributed by atoms with Gasteiger partial charge >= 0.3 is 0 Å². The molecule has 1 aliphatic heterocycles. The molecule has 1 atom stereocenters. The molecule has 1 heterocycles. The highest BCUT2D eigenvalue weighted by Gasteiger charge is 2.21. The number of aliphatic hydroxyl groups excluding tert-OH is 1. The largest absolute Gasteiger partial charge is 0.396 e. The summed E-state index contributed by atoms with van der Waals surface area (Å²) in [6.45, 7) is 6.36. The molecule has 0 saturated carbocycles. The van der Waals surface area contributed by atoms with E-state index in [1.54, 1.807) is 0 Å². The molecule has 0 aliphatic carbocycles. The Labute approximate surface area is 114 Å². The Kier molecular flexibility index (Phi) is 5.01. The number of aliphatic hydroxyl groups is 1. The second kappa shape index (κ2) is 6.53. The number of hydrogen-bond acceptors (Lipinski definition) is 3. The summed E-state index contributed by atoms with van der Waals surface area (Å²) in [6.07, 6.45) is 0.779. The molecule has 0 bridgehead atoms. The zero-order valence-corrected chi connectivity index (χ0v) is 11.6. The van der Waals surface area contributed by atoms with E-state index in [1.165, 1.54) is 5.56 Å². The molecule has 1 fully saturated rings. The molecule has 0 unspecified atom stereocenters. The first kappa shape index (κ1) is 13.8. The lowest BCUT2D eigenvalue weighted by Gasteiger charge is -2.35. The zero-order chi connectivity index (χ0) is 13.0. The summed E-state index contributed by atoms with van der Waals surface area (Å²) in [5, 5.41) is 13.4. The second-order valence-electron chi connectivity index (χ2n) is 4.82. The highest BCUT2D eigenvalue weighted by atomic mass is 35.5. The summed E-state index contributed by atoms with van der Waals surface area (Å²) in [6, 6.07) is 6.48. The molecule has 1 aromatic rings. The van der Waals surface area contributed by atoms with Crippen LogP contribution in [0.15, 0.2) is 18.2 Å². The van der Waals surface area contributed by atoms with Crippen LogP contribution in [0.1, 0.15) is 23.6 Å². The Bertz CT molecular complexity index is 391. The summed E-state index contributed by atoms with van der Waals surface area (Å²) >= 11 is 6.08. The molecule has 0 radical (unpaired) electrons. The van der Waals surface area contributed by atoms with E-state index in [0.717, 1.165) is 43.2 Å². The monoisotopic (exact) mass is 268 g/mol. The molecule has 4 heteroatoms. The fourth-order valence-corrected chi connectivity index (χ4v) is 2.67. The number of piperazine rings is 1. The van der Waals surface area contributed by atoms with Crippen molar-refractivity contribution in [3.8, 4) is 0 Å². The first-order valence-corrected chi connectivity index (χ1v) is 6.92. The van der Waals surface area contributed by atoms with Crippen molar-refractivity contribution in [2.24, 2.45) is 0 Å². The molecule has 0 aromatic heterocycles. The molecule has 100 valence electrons. The minimum absolute atomic E-state index is 0.219. The maximum absolute atomic E-state index is 9.28. The average Bonchev–Trinajstić information content (AvgIpc) is 2.40. The molecule has 1 saturated heterocycles. The van der Waals surface area contributed by atoms with Crippen LogP contribution in [-0.4, -0.2) is 42.8 Å². The van der Waals surface area contributed by atoms with Crippen molar-refractivity contribution < 1.29 is 5.11 Å². The average molecular weight is 269 g/mol. The van der Waals surface area contributed by atoms with Crippen molar-refractivity contribution in [2.75, 3.05) is 32.8 Å². The van der Waals surface area contributed by atoms with E-state index in [-0.39, 0.29) is 6.61 Å². The quantitative estimate of drug-likeness (QED) is 0.877. The number of hydrogen-bond donors (Lipinski definition) is 2. The third kappa shape index (κ3) is 3.23. The third-order valence-electron chi connectivity index (χ3n) is 3.56. The first-order chi connectivity index (χ1) is 8.72. The normalized spacial score (nSPS) is 18.8. The molecule has 2 N–H and O–H groups in total. The molecule has 2 rings (SSSR count). The van der Waals surface area contributed by atoms with E-state index in [0.29, 0.717) is 6.04 Å². The van der Waals surface area contributed by atoms with Crippen molar-refractivity contribution in [2.45, 2.75) is 19.4 Å². The van der Waals surface area contributed by atoms with Crippen LogP contribution in [0.2, 0.25) is 5.02 Å². The number of halogens is 1. The Morgan fingerprint density at radius 1 is 1.39 bits per heavy atom. The predicted molar refractivity (Wildman–Crippen MR) is 75.1 cm³/mol. The molecule has 1 aliphatic rings. The Hall–Kier alpha value is -0.610. The van der Waals surface area contributed by atoms with Gasteiger partial charge in [0.15, 0.2) is 0 Å². The van der Waals surface area contributed by atoms with Gasteiger partial charge in [0.25, 0.3) is 0 Å². The van der Waals surface area contributed by atoms with Crippen molar-refractivity contribution in [1.82, 2.24) is 10.2 Å². The highest BCUT2D eigenvalue weighted by Crippen LogP contribution is 2.27. The lowest BCUT2D eigenvalue weighted by Crippen LogP contribution is -2.45. The van der Waals surface area contributed by atoms with Crippen molar-refractivity contribution in [3.05, 3.63) is 34.3 Å². The number of nitrogens with zero attached hydrogens (tertiary/aromatic N) is 1. The third-order valence-corrected chi connectivity index (χ3v) is 3.99. The van der Waals surface area contributed by atoms with Gasteiger partial charge in [-0.15, -0.1) is 0 Å². The minimum atomic E-state index is 0.219. The van der Waals surface area contributed by atoms with E-state index >= 15 is 0 Å². The van der Waals surface area contributed by atoms with E-state index < -0.39 is 0 Å². The Morgan fingerprint density at radius 2 is 2.11 bits per heavy atom. The van der Waals surface area contributed by atoms with Crippen molar-refractivity contribution in [1.29, 1.82) is 0 Å². The maximum atomic E-state index is 9.28. The van der Waals surface area contributed by atoms with Crippen molar-refractivity contribution in [3.63, 3.8) is 0 Å². The number of aryl methyl sites for hydroxylation is 1. The van der Waals surface area contributed by atoms with Crippen LogP contribution in [0.4, 0.5) is 0 Å². The number of rotatable bonds is 4. The van der Waals surface area contributed by atoms with Gasteiger partial charge in [0.1, 0.15) is 0 Å². The predicted octanol–water partition coefficient (Wildman–Crippen LogP) is 1.98. The molecule has 0 spiro atoms. The fraction of sp³-hybridized carbons (Fsp3) is 0.571. The van der Waals surface area contributed by atoms with Crippen LogP contribution in [0.3, 0.4) is 0 Å². The molecule has 3 nitrogen and oxygen atoms in total. The van der Waals surface area contributed by atoms with Gasteiger partial charge < -0.3 is 10.4 Å². The molecular weight excluding hydrogens is 248 g/mol. The SMILES string of the molecule is Cc1cc([C@H](CCO)N2CCNCC2)ccc1Cl. The molecule has 0 amide bonds. The Balaban J connectivity index is 2.19. The van der Waals surface area contributed by atoms with Gasteiger partial charge in [-0.2, -0.15) is 0 Å². The van der Waals surface area contributed by atoms with Gasteiger partial charge in [0, 0.05) is 43.9 Å². The summed E-state index contributed by atoms with van der Waals surface area (Å²) < 4.78 is 0. The smallest absolute Gasteiger partial charge is 0.0449 e. The number of benzene rings is 1. The summed E-state index contributed by atoms with van der Waals surface area (Å²) in [4.78, 5) is 2.44. The van der Waals surface area contributed by atoms with E-state index in [9.17, 15) is 5.11 Å². The van der Waals surface area contributed by atoms with E-state index in [1.807, 2.05) is 13.0 Å². The Morgan fingerprint density at radius 3 is 2.72 bits per heavy atom. The van der Waals surface area contributed by atoms with Crippen LogP contribution in [-0.2, 0) is 0 Å². The van der Waals surface area contributed by atoms with Gasteiger partial charge in [0.2, 0.25) is 0 Å². The minimum Gasteiger partial charge on any atom is -0.396 e. The summed E-state index contributed by atoms with van der Waals surface area (Å²) in [5.41, 5.74) is 2.36. The summed E-state index contributed by atoms with van der Waals surface area (Å²) in [7, 11) is 0. The fourth-order valence-electron chi connectivity index (χ4n) is 2.55. The van der Waals surface area contributed by atoms with Crippen LogP contribution in [0.25, 0.3) is 0 Å².